The predicted octanol–water partition coefficient (Wildman–Crippen LogP) is 2.04. The largest absolute Gasteiger partial charge is 0.465 e. The molecule has 1 saturated heterocycles. The second-order valence-corrected chi connectivity index (χ2v) is 6.74. The Bertz CT molecular complexity index is 308. The van der Waals surface area contributed by atoms with Crippen molar-refractivity contribution < 1.29 is 9.53 Å². The molecule has 4 nitrogen and oxygen atoms in total. The van der Waals surface area contributed by atoms with E-state index in [2.05, 4.69) is 24.1 Å². The van der Waals surface area contributed by atoms with Gasteiger partial charge in [0.1, 0.15) is 6.04 Å². The molecule has 1 heterocycles. The van der Waals surface area contributed by atoms with Crippen LogP contribution in [0.25, 0.3) is 0 Å². The third kappa shape index (κ3) is 5.06. The van der Waals surface area contributed by atoms with Crippen molar-refractivity contribution in [1.82, 2.24) is 10.2 Å². The maximum absolute atomic E-state index is 12.0. The zero-order chi connectivity index (χ0) is 14.5. The molecule has 4 heteroatoms. The fraction of sp³-hybridized carbons (Fsp3) is 0.938. The number of rotatable bonds is 7. The molecule has 0 bridgehead atoms. The molecule has 0 aromatic heterocycles. The van der Waals surface area contributed by atoms with E-state index in [1.54, 1.807) is 0 Å². The Hall–Kier alpha value is -0.610. The second kappa shape index (κ2) is 7.41. The van der Waals surface area contributed by atoms with Crippen molar-refractivity contribution in [3.63, 3.8) is 0 Å². The number of nitrogens with zero attached hydrogens (tertiary/aromatic N) is 1. The minimum absolute atomic E-state index is 0.0718. The van der Waals surface area contributed by atoms with Crippen LogP contribution in [0.3, 0.4) is 0 Å². The van der Waals surface area contributed by atoms with E-state index in [-0.39, 0.29) is 12.0 Å². The van der Waals surface area contributed by atoms with Crippen molar-refractivity contribution in [3.8, 4) is 0 Å². The number of nitrogens with one attached hydrogen (secondary N) is 1. The molecule has 1 aliphatic carbocycles. The summed E-state index contributed by atoms with van der Waals surface area (Å²) in [6.45, 7) is 10.3. The summed E-state index contributed by atoms with van der Waals surface area (Å²) >= 11 is 0. The van der Waals surface area contributed by atoms with Gasteiger partial charge in [0.15, 0.2) is 0 Å². The van der Waals surface area contributed by atoms with Crippen LogP contribution in [0, 0.1) is 11.8 Å². The molecule has 0 radical (unpaired) electrons. The summed E-state index contributed by atoms with van der Waals surface area (Å²) in [5.74, 6) is 1.48. The Morgan fingerprint density at radius 3 is 2.50 bits per heavy atom. The first-order valence-corrected chi connectivity index (χ1v) is 8.23. The molecule has 1 saturated carbocycles. The van der Waals surface area contributed by atoms with Crippen LogP contribution >= 0.6 is 0 Å². The van der Waals surface area contributed by atoms with Gasteiger partial charge in [-0.15, -0.1) is 0 Å². The van der Waals surface area contributed by atoms with Crippen LogP contribution in [0.2, 0.25) is 0 Å². The molecule has 1 N–H and O–H groups in total. The van der Waals surface area contributed by atoms with Crippen LogP contribution in [0.15, 0.2) is 0 Å². The van der Waals surface area contributed by atoms with E-state index in [0.29, 0.717) is 12.6 Å². The van der Waals surface area contributed by atoms with Crippen molar-refractivity contribution in [2.45, 2.75) is 58.5 Å². The van der Waals surface area contributed by atoms with Gasteiger partial charge < -0.3 is 15.0 Å². The number of likely N-dealkylation sites (tertiary alicyclic amines) is 1. The number of ether oxygens (including phenoxy) is 1. The lowest BCUT2D eigenvalue weighted by Gasteiger charge is -2.35. The smallest absolute Gasteiger partial charge is 0.323 e. The predicted molar refractivity (Wildman–Crippen MR) is 80.6 cm³/mol. The number of esters is 1. The Labute approximate surface area is 123 Å². The van der Waals surface area contributed by atoms with Gasteiger partial charge in [-0.2, -0.15) is 0 Å². The summed E-state index contributed by atoms with van der Waals surface area (Å²) in [6, 6.07) is 0.429. The molecular weight excluding hydrogens is 252 g/mol. The maximum atomic E-state index is 12.0. The SMILES string of the molecule is CCOC(=O)C(CCN1CC(C)CC(C)C1)NC1CC1. The van der Waals surface area contributed by atoms with Crippen LogP contribution in [0.5, 0.6) is 0 Å². The summed E-state index contributed by atoms with van der Waals surface area (Å²) in [7, 11) is 0. The van der Waals surface area contributed by atoms with Gasteiger partial charge in [-0.3, -0.25) is 4.79 Å². The van der Waals surface area contributed by atoms with Crippen molar-refractivity contribution in [2.75, 3.05) is 26.2 Å². The quantitative estimate of drug-likeness (QED) is 0.726. The summed E-state index contributed by atoms with van der Waals surface area (Å²) < 4.78 is 5.19. The number of piperidine rings is 1. The molecule has 2 fully saturated rings. The summed E-state index contributed by atoms with van der Waals surface area (Å²) in [6.07, 6.45) is 4.61. The third-order valence-electron chi connectivity index (χ3n) is 4.26. The monoisotopic (exact) mass is 282 g/mol. The minimum Gasteiger partial charge on any atom is -0.465 e. The highest BCUT2D eigenvalue weighted by molar-refractivity contribution is 5.75. The van der Waals surface area contributed by atoms with E-state index in [1.807, 2.05) is 6.92 Å². The fourth-order valence-corrected chi connectivity index (χ4v) is 3.33. The van der Waals surface area contributed by atoms with Crippen molar-refractivity contribution in [3.05, 3.63) is 0 Å². The molecule has 2 rings (SSSR count). The number of carbonyl (C=O) groups is 1. The van der Waals surface area contributed by atoms with E-state index in [0.717, 1.165) is 24.8 Å². The average molecular weight is 282 g/mol. The van der Waals surface area contributed by atoms with Crippen molar-refractivity contribution in [1.29, 1.82) is 0 Å². The van der Waals surface area contributed by atoms with Crippen molar-refractivity contribution in [2.24, 2.45) is 11.8 Å². The van der Waals surface area contributed by atoms with Gasteiger partial charge in [-0.1, -0.05) is 13.8 Å². The number of hydrogen-bond acceptors (Lipinski definition) is 4. The van der Waals surface area contributed by atoms with Crippen LogP contribution in [0.1, 0.15) is 46.5 Å². The molecule has 0 amide bonds. The highest BCUT2D eigenvalue weighted by Crippen LogP contribution is 2.23. The summed E-state index contributed by atoms with van der Waals surface area (Å²) in [5.41, 5.74) is 0. The van der Waals surface area contributed by atoms with Gasteiger partial charge >= 0.3 is 5.97 Å². The fourth-order valence-electron chi connectivity index (χ4n) is 3.33. The van der Waals surface area contributed by atoms with Gasteiger partial charge in [0.2, 0.25) is 0 Å². The van der Waals surface area contributed by atoms with Gasteiger partial charge in [0, 0.05) is 25.7 Å². The molecule has 20 heavy (non-hydrogen) atoms. The molecule has 2 aliphatic rings. The lowest BCUT2D eigenvalue weighted by atomic mass is 9.91. The highest BCUT2D eigenvalue weighted by atomic mass is 16.5. The molecule has 0 aromatic carbocycles. The van der Waals surface area contributed by atoms with Gasteiger partial charge in [0.05, 0.1) is 6.61 Å². The summed E-state index contributed by atoms with van der Waals surface area (Å²) in [4.78, 5) is 14.5. The highest BCUT2D eigenvalue weighted by Gasteiger charge is 2.30. The molecule has 0 spiro atoms. The number of carbonyl (C=O) groups excluding carboxylic acids is 1. The second-order valence-electron chi connectivity index (χ2n) is 6.74. The van der Waals surface area contributed by atoms with E-state index in [9.17, 15) is 4.79 Å². The lowest BCUT2D eigenvalue weighted by molar-refractivity contribution is -0.146. The summed E-state index contributed by atoms with van der Waals surface area (Å²) in [5, 5.41) is 3.44. The van der Waals surface area contributed by atoms with Gasteiger partial charge in [-0.25, -0.2) is 0 Å². The normalized spacial score (nSPS) is 29.1. The van der Waals surface area contributed by atoms with E-state index in [4.69, 9.17) is 4.74 Å². The van der Waals surface area contributed by atoms with E-state index < -0.39 is 0 Å². The Balaban J connectivity index is 1.79. The Morgan fingerprint density at radius 2 is 1.95 bits per heavy atom. The Kier molecular flexibility index (Phi) is 5.85. The first-order chi connectivity index (χ1) is 9.58. The van der Waals surface area contributed by atoms with Gasteiger partial charge in [-0.05, 0) is 44.4 Å². The van der Waals surface area contributed by atoms with E-state index in [1.165, 1.54) is 32.4 Å². The van der Waals surface area contributed by atoms with Gasteiger partial charge in [0.25, 0.3) is 0 Å². The third-order valence-corrected chi connectivity index (χ3v) is 4.26. The molecule has 0 aromatic rings. The molecule has 3 unspecified atom stereocenters. The molecule has 1 aliphatic heterocycles. The molecule has 116 valence electrons. The van der Waals surface area contributed by atoms with Crippen LogP contribution in [-0.2, 0) is 9.53 Å². The van der Waals surface area contributed by atoms with Crippen LogP contribution in [0.4, 0.5) is 0 Å². The van der Waals surface area contributed by atoms with Crippen molar-refractivity contribution >= 4 is 5.97 Å². The van der Waals surface area contributed by atoms with Crippen LogP contribution in [-0.4, -0.2) is 49.2 Å². The van der Waals surface area contributed by atoms with E-state index >= 15 is 0 Å². The number of hydrogen-bond donors (Lipinski definition) is 1. The standard InChI is InChI=1S/C16H30N2O2/c1-4-20-16(19)15(17-14-5-6-14)7-8-18-10-12(2)9-13(3)11-18/h12-15,17H,4-11H2,1-3H3. The Morgan fingerprint density at radius 1 is 1.30 bits per heavy atom. The zero-order valence-corrected chi connectivity index (χ0v) is 13.2. The lowest BCUT2D eigenvalue weighted by Crippen LogP contribution is -2.45. The first kappa shape index (κ1) is 15.8. The first-order valence-electron chi connectivity index (χ1n) is 8.23. The van der Waals surface area contributed by atoms with Crippen LogP contribution < -0.4 is 5.32 Å². The zero-order valence-electron chi connectivity index (χ0n) is 13.2. The minimum atomic E-state index is -0.116. The maximum Gasteiger partial charge on any atom is 0.323 e. The average Bonchev–Trinajstić information content (AvgIpc) is 3.17. The molecule has 3 atom stereocenters. The topological polar surface area (TPSA) is 41.6 Å². The molecular formula is C16H30N2O2.